The minimum Gasteiger partial charge on any atom is -0.652 e. The van der Waals surface area contributed by atoms with Gasteiger partial charge in [0.2, 0.25) is 0 Å². The summed E-state index contributed by atoms with van der Waals surface area (Å²) in [5, 5.41) is 16.7. The van der Waals surface area contributed by atoms with Crippen LogP contribution in [0.5, 0.6) is 0 Å². The summed E-state index contributed by atoms with van der Waals surface area (Å²) in [5.74, 6) is 0. The predicted octanol–water partition coefficient (Wildman–Crippen LogP) is -9.54. The molecule has 0 bridgehead atoms. The first-order valence-corrected chi connectivity index (χ1v) is 1.93. The smallest absolute Gasteiger partial charge is 0.652 e. The van der Waals surface area contributed by atoms with Crippen molar-refractivity contribution < 1.29 is 74.1 Å². The van der Waals surface area contributed by atoms with Crippen molar-refractivity contribution in [1.29, 1.82) is 0 Å². The standard InChI is InChI=1S/C2H8N2.CH2O3.2Na/c3-1-2-4;2-1(3)4;;/h1-4H2;(H2,2,3,4);;/q;;2*+1/p-2. The molecular formula is C3H8N2Na2O3. The molecule has 0 aliphatic carbocycles. The molecule has 0 fully saturated rings. The Hall–Kier alpha value is 1.19. The van der Waals surface area contributed by atoms with E-state index in [9.17, 15) is 0 Å². The molecular weight excluding hydrogens is 158 g/mol. The van der Waals surface area contributed by atoms with Crippen molar-refractivity contribution in [1.82, 2.24) is 0 Å². The molecule has 0 saturated carbocycles. The number of hydrogen-bond donors (Lipinski definition) is 2. The van der Waals surface area contributed by atoms with E-state index in [-0.39, 0.29) is 59.1 Å². The van der Waals surface area contributed by atoms with E-state index in [1.807, 2.05) is 0 Å². The van der Waals surface area contributed by atoms with Crippen molar-refractivity contribution in [3.05, 3.63) is 0 Å². The van der Waals surface area contributed by atoms with Gasteiger partial charge in [-0.3, -0.25) is 0 Å². The van der Waals surface area contributed by atoms with E-state index >= 15 is 0 Å². The van der Waals surface area contributed by atoms with E-state index in [0.717, 1.165) is 0 Å². The Morgan fingerprint density at radius 3 is 1.20 bits per heavy atom. The zero-order valence-electron chi connectivity index (χ0n) is 6.29. The molecule has 0 spiro atoms. The molecule has 0 radical (unpaired) electrons. The first kappa shape index (κ1) is 22.5. The van der Waals surface area contributed by atoms with Gasteiger partial charge >= 0.3 is 59.1 Å². The van der Waals surface area contributed by atoms with Crippen molar-refractivity contribution in [2.45, 2.75) is 0 Å². The molecule has 5 nitrogen and oxygen atoms in total. The fourth-order valence-electron chi connectivity index (χ4n) is 0. The molecule has 0 heterocycles. The Morgan fingerprint density at radius 2 is 1.20 bits per heavy atom. The first-order chi connectivity index (χ1) is 3.65. The van der Waals surface area contributed by atoms with Crippen LogP contribution in [0.4, 0.5) is 4.79 Å². The Bertz CT molecular complexity index is 57.7. The number of hydrogen-bond acceptors (Lipinski definition) is 5. The normalized spacial score (nSPS) is 5.40. The van der Waals surface area contributed by atoms with E-state index < -0.39 is 6.16 Å². The van der Waals surface area contributed by atoms with Crippen LogP contribution < -0.4 is 80.8 Å². The van der Waals surface area contributed by atoms with Crippen LogP contribution in [0.1, 0.15) is 0 Å². The van der Waals surface area contributed by atoms with Crippen molar-refractivity contribution >= 4 is 6.16 Å². The Labute approximate surface area is 104 Å². The molecule has 0 saturated heterocycles. The second kappa shape index (κ2) is 22.5. The van der Waals surface area contributed by atoms with Crippen molar-refractivity contribution in [3.63, 3.8) is 0 Å². The van der Waals surface area contributed by atoms with Gasteiger partial charge in [-0.05, 0) is 6.16 Å². The van der Waals surface area contributed by atoms with Crippen molar-refractivity contribution in [2.75, 3.05) is 13.1 Å². The maximum atomic E-state index is 8.33. The minimum atomic E-state index is -2.33. The monoisotopic (exact) mass is 166 g/mol. The van der Waals surface area contributed by atoms with Gasteiger partial charge in [-0.15, -0.1) is 0 Å². The summed E-state index contributed by atoms with van der Waals surface area (Å²) in [4.78, 5) is 8.33. The molecule has 0 unspecified atom stereocenters. The van der Waals surface area contributed by atoms with E-state index in [1.165, 1.54) is 0 Å². The third-order valence-electron chi connectivity index (χ3n) is 0.167. The van der Waals surface area contributed by atoms with Gasteiger partial charge in [-0.1, -0.05) is 0 Å². The first-order valence-electron chi connectivity index (χ1n) is 1.93. The third-order valence-corrected chi connectivity index (χ3v) is 0.167. The van der Waals surface area contributed by atoms with Crippen LogP contribution in [0.3, 0.4) is 0 Å². The van der Waals surface area contributed by atoms with Crippen LogP contribution in [-0.2, 0) is 0 Å². The average Bonchev–Trinajstić information content (AvgIpc) is 1.65. The molecule has 4 N–H and O–H groups in total. The third kappa shape index (κ3) is 129. The van der Waals surface area contributed by atoms with Crippen LogP contribution in [-0.4, -0.2) is 19.2 Å². The summed E-state index contributed by atoms with van der Waals surface area (Å²) in [7, 11) is 0. The average molecular weight is 166 g/mol. The zero-order valence-corrected chi connectivity index (χ0v) is 10.3. The van der Waals surface area contributed by atoms with Gasteiger partial charge in [0, 0.05) is 13.1 Å². The summed E-state index contributed by atoms with van der Waals surface area (Å²) in [6.45, 7) is 1.19. The minimum absolute atomic E-state index is 0. The Kier molecular flexibility index (Phi) is 50.5. The molecule has 10 heavy (non-hydrogen) atoms. The van der Waals surface area contributed by atoms with Crippen LogP contribution in [0.15, 0.2) is 0 Å². The zero-order chi connectivity index (χ0) is 6.99. The number of nitrogens with two attached hydrogens (primary N) is 2. The van der Waals surface area contributed by atoms with Gasteiger partial charge in [0.15, 0.2) is 0 Å². The summed E-state index contributed by atoms with van der Waals surface area (Å²) in [5.41, 5.74) is 9.81. The quantitative estimate of drug-likeness (QED) is 0.375. The molecule has 0 amide bonds. The van der Waals surface area contributed by atoms with E-state index in [1.54, 1.807) is 0 Å². The molecule has 0 rings (SSSR count). The Balaban J connectivity index is -0.0000000300. The summed E-state index contributed by atoms with van der Waals surface area (Å²) in [6, 6.07) is 0. The fourth-order valence-corrected chi connectivity index (χ4v) is 0. The van der Waals surface area contributed by atoms with Gasteiger partial charge in [0.1, 0.15) is 0 Å². The molecule has 50 valence electrons. The number of carboxylic acid groups (broad SMARTS) is 2. The van der Waals surface area contributed by atoms with Crippen LogP contribution in [0.25, 0.3) is 0 Å². The number of carbonyl (C=O) groups is 1. The summed E-state index contributed by atoms with van der Waals surface area (Å²) in [6.07, 6.45) is -2.33. The van der Waals surface area contributed by atoms with Gasteiger partial charge in [0.25, 0.3) is 0 Å². The molecule has 0 aromatic rings. The van der Waals surface area contributed by atoms with Crippen LogP contribution >= 0.6 is 0 Å². The van der Waals surface area contributed by atoms with Gasteiger partial charge < -0.3 is 26.5 Å². The molecule has 0 aliphatic heterocycles. The Morgan fingerprint density at radius 1 is 1.10 bits per heavy atom. The predicted molar refractivity (Wildman–Crippen MR) is 23.5 cm³/mol. The molecule has 0 aliphatic rings. The van der Waals surface area contributed by atoms with Crippen LogP contribution in [0.2, 0.25) is 0 Å². The van der Waals surface area contributed by atoms with Gasteiger partial charge in [0.05, 0.1) is 0 Å². The van der Waals surface area contributed by atoms with Gasteiger partial charge in [-0.2, -0.15) is 0 Å². The second-order valence-corrected chi connectivity index (χ2v) is 0.827. The maximum absolute atomic E-state index is 8.33. The van der Waals surface area contributed by atoms with E-state index in [0.29, 0.717) is 13.1 Å². The van der Waals surface area contributed by atoms with Crippen molar-refractivity contribution in [2.24, 2.45) is 11.5 Å². The van der Waals surface area contributed by atoms with Crippen LogP contribution in [0, 0.1) is 0 Å². The van der Waals surface area contributed by atoms with Gasteiger partial charge in [-0.25, -0.2) is 0 Å². The van der Waals surface area contributed by atoms with E-state index in [2.05, 4.69) is 0 Å². The summed E-state index contributed by atoms with van der Waals surface area (Å²) >= 11 is 0. The molecule has 0 atom stereocenters. The van der Waals surface area contributed by atoms with Crippen molar-refractivity contribution in [3.8, 4) is 0 Å². The number of carbonyl (C=O) groups excluding carboxylic acids is 1. The fraction of sp³-hybridized carbons (Fsp3) is 0.667. The molecule has 7 heteroatoms. The largest absolute Gasteiger partial charge is 1.00 e. The number of rotatable bonds is 1. The van der Waals surface area contributed by atoms with E-state index in [4.69, 9.17) is 26.5 Å². The molecule has 0 aromatic carbocycles. The topological polar surface area (TPSA) is 115 Å². The summed E-state index contributed by atoms with van der Waals surface area (Å²) < 4.78 is 0. The maximum Gasteiger partial charge on any atom is 1.00 e. The second-order valence-electron chi connectivity index (χ2n) is 0.827. The molecule has 0 aromatic heterocycles. The SMILES string of the molecule is NCCN.O=C([O-])[O-].[Na+].[Na+].